The van der Waals surface area contributed by atoms with E-state index in [1.807, 2.05) is 48.7 Å². The van der Waals surface area contributed by atoms with Gasteiger partial charge in [-0.1, -0.05) is 18.2 Å². The average molecular weight is 381 g/mol. The normalized spacial score (nSPS) is 10.6. The summed E-state index contributed by atoms with van der Waals surface area (Å²) in [6, 6.07) is 15.2. The number of hydrogen-bond donors (Lipinski definition) is 0. The van der Waals surface area contributed by atoms with Gasteiger partial charge in [0.1, 0.15) is 0 Å². The number of halogens is 1. The fourth-order valence-electron chi connectivity index (χ4n) is 3.11. The molecular weight excluding hydrogens is 361 g/mol. The smallest absolute Gasteiger partial charge is 0.338 e. The zero-order valence-corrected chi connectivity index (χ0v) is 15.9. The van der Waals surface area contributed by atoms with Crippen LogP contribution in [0.1, 0.15) is 32.1 Å². The number of aryl methyl sites for hydroxylation is 1. The van der Waals surface area contributed by atoms with E-state index in [-0.39, 0.29) is 17.1 Å². The van der Waals surface area contributed by atoms with Crippen molar-refractivity contribution in [1.82, 2.24) is 4.57 Å². The van der Waals surface area contributed by atoms with Crippen LogP contribution in [0.3, 0.4) is 0 Å². The van der Waals surface area contributed by atoms with Crippen LogP contribution in [0.25, 0.3) is 5.69 Å². The average Bonchev–Trinajstić information content (AvgIpc) is 3.00. The Morgan fingerprint density at radius 2 is 1.75 bits per heavy atom. The largest absolute Gasteiger partial charge is 0.494 e. The van der Waals surface area contributed by atoms with Crippen LogP contribution < -0.4 is 4.74 Å². The van der Waals surface area contributed by atoms with Gasteiger partial charge in [0.25, 0.3) is 0 Å². The molecule has 0 amide bonds. The lowest BCUT2D eigenvalue weighted by Gasteiger charge is -2.10. The van der Waals surface area contributed by atoms with Gasteiger partial charge in [-0.3, -0.25) is 4.79 Å². The fraction of sp³-hybridized carbons (Fsp3) is 0.182. The first-order valence-electron chi connectivity index (χ1n) is 8.70. The Hall–Kier alpha value is -3.41. The third kappa shape index (κ3) is 3.81. The van der Waals surface area contributed by atoms with Gasteiger partial charge in [-0.25, -0.2) is 9.18 Å². The van der Waals surface area contributed by atoms with Crippen molar-refractivity contribution in [3.63, 3.8) is 0 Å². The minimum atomic E-state index is -0.772. The maximum absolute atomic E-state index is 13.7. The highest BCUT2D eigenvalue weighted by molar-refractivity contribution is 6.00. The molecule has 0 unspecified atom stereocenters. The number of ketones is 1. The van der Waals surface area contributed by atoms with E-state index in [9.17, 15) is 14.0 Å². The van der Waals surface area contributed by atoms with Crippen LogP contribution in [0.5, 0.6) is 5.75 Å². The standard InChI is InChI=1S/C22H20FNO4/c1-14-11-18(15(2)24(14)17-7-5-4-6-8-17)20(25)13-28-22(26)16-9-10-21(27-3)19(23)12-16/h4-12H,13H2,1-3H3. The number of carbonyl (C=O) groups is 2. The van der Waals surface area contributed by atoms with Crippen molar-refractivity contribution in [2.24, 2.45) is 0 Å². The highest BCUT2D eigenvalue weighted by Crippen LogP contribution is 2.22. The maximum atomic E-state index is 13.7. The molecule has 0 saturated carbocycles. The van der Waals surface area contributed by atoms with E-state index in [1.54, 1.807) is 6.07 Å². The summed E-state index contributed by atoms with van der Waals surface area (Å²) in [5, 5.41) is 0. The Balaban J connectivity index is 1.74. The predicted molar refractivity (Wildman–Crippen MR) is 103 cm³/mol. The number of Topliss-reactive ketones (excluding diaryl/α,β-unsaturated/α-hetero) is 1. The molecule has 0 radical (unpaired) electrons. The van der Waals surface area contributed by atoms with Gasteiger partial charge in [-0.15, -0.1) is 0 Å². The first-order chi connectivity index (χ1) is 13.4. The van der Waals surface area contributed by atoms with Crippen LogP contribution in [-0.4, -0.2) is 30.0 Å². The molecule has 0 saturated heterocycles. The molecule has 0 atom stereocenters. The molecule has 0 N–H and O–H groups in total. The third-order valence-corrected chi connectivity index (χ3v) is 4.47. The van der Waals surface area contributed by atoms with Crippen molar-refractivity contribution in [1.29, 1.82) is 0 Å². The third-order valence-electron chi connectivity index (χ3n) is 4.47. The van der Waals surface area contributed by atoms with Gasteiger partial charge in [-0.05, 0) is 50.2 Å². The number of esters is 1. The topological polar surface area (TPSA) is 57.5 Å². The summed E-state index contributed by atoms with van der Waals surface area (Å²) < 4.78 is 25.6. The van der Waals surface area contributed by atoms with Gasteiger partial charge >= 0.3 is 5.97 Å². The van der Waals surface area contributed by atoms with Gasteiger partial charge in [0.15, 0.2) is 18.2 Å². The van der Waals surface area contributed by atoms with E-state index in [4.69, 9.17) is 9.47 Å². The molecule has 144 valence electrons. The number of ether oxygens (including phenoxy) is 2. The molecule has 0 aliphatic rings. The molecule has 28 heavy (non-hydrogen) atoms. The lowest BCUT2D eigenvalue weighted by atomic mass is 10.1. The van der Waals surface area contributed by atoms with Crippen LogP contribution in [0, 0.1) is 19.7 Å². The molecule has 6 heteroatoms. The van der Waals surface area contributed by atoms with E-state index in [1.165, 1.54) is 19.2 Å². The van der Waals surface area contributed by atoms with Crippen LogP contribution >= 0.6 is 0 Å². The van der Waals surface area contributed by atoms with Crippen molar-refractivity contribution in [2.45, 2.75) is 13.8 Å². The van der Waals surface area contributed by atoms with E-state index in [0.717, 1.165) is 23.1 Å². The van der Waals surface area contributed by atoms with Crippen molar-refractivity contribution < 1.29 is 23.5 Å². The van der Waals surface area contributed by atoms with E-state index < -0.39 is 18.4 Å². The minimum Gasteiger partial charge on any atom is -0.494 e. The van der Waals surface area contributed by atoms with E-state index in [2.05, 4.69) is 0 Å². The van der Waals surface area contributed by atoms with Crippen LogP contribution in [-0.2, 0) is 4.74 Å². The predicted octanol–water partition coefficient (Wildman–Crippen LogP) is 4.28. The number of carbonyl (C=O) groups excluding carboxylic acids is 2. The van der Waals surface area contributed by atoms with Gasteiger partial charge < -0.3 is 14.0 Å². The molecular formula is C22H20FNO4. The van der Waals surface area contributed by atoms with Crippen molar-refractivity contribution in [2.75, 3.05) is 13.7 Å². The van der Waals surface area contributed by atoms with Crippen molar-refractivity contribution >= 4 is 11.8 Å². The van der Waals surface area contributed by atoms with Gasteiger partial charge in [-0.2, -0.15) is 0 Å². The number of rotatable bonds is 6. The Kier molecular flexibility index (Phi) is 5.59. The summed E-state index contributed by atoms with van der Waals surface area (Å²) in [5.41, 5.74) is 3.11. The first-order valence-corrected chi connectivity index (χ1v) is 8.70. The SMILES string of the molecule is COc1ccc(C(=O)OCC(=O)c2cc(C)n(-c3ccccc3)c2C)cc1F. The van der Waals surface area contributed by atoms with Crippen LogP contribution in [0.4, 0.5) is 4.39 Å². The highest BCUT2D eigenvalue weighted by atomic mass is 19.1. The molecule has 5 nitrogen and oxygen atoms in total. The number of para-hydroxylation sites is 1. The summed E-state index contributed by atoms with van der Waals surface area (Å²) in [6.45, 7) is 3.32. The van der Waals surface area contributed by atoms with Gasteiger partial charge in [0.2, 0.25) is 5.78 Å². The quantitative estimate of drug-likeness (QED) is 0.472. The second kappa shape index (κ2) is 8.08. The van der Waals surface area contributed by atoms with E-state index in [0.29, 0.717) is 5.56 Å². The second-order valence-corrected chi connectivity index (χ2v) is 6.30. The number of nitrogens with zero attached hydrogens (tertiary/aromatic N) is 1. The molecule has 2 aromatic carbocycles. The van der Waals surface area contributed by atoms with Crippen molar-refractivity contribution in [3.05, 3.63) is 82.9 Å². The van der Waals surface area contributed by atoms with E-state index >= 15 is 0 Å². The van der Waals surface area contributed by atoms with Crippen LogP contribution in [0.15, 0.2) is 54.6 Å². The zero-order valence-electron chi connectivity index (χ0n) is 15.9. The summed E-state index contributed by atoms with van der Waals surface area (Å²) >= 11 is 0. The van der Waals surface area contributed by atoms with Crippen LogP contribution in [0.2, 0.25) is 0 Å². The Bertz CT molecular complexity index is 1020. The summed E-state index contributed by atoms with van der Waals surface area (Å²) in [6.07, 6.45) is 0. The fourth-order valence-corrected chi connectivity index (χ4v) is 3.11. The van der Waals surface area contributed by atoms with Gasteiger partial charge in [0, 0.05) is 22.6 Å². The molecule has 0 spiro atoms. The number of methoxy groups -OCH3 is 1. The Morgan fingerprint density at radius 1 is 1.04 bits per heavy atom. The molecule has 0 aliphatic carbocycles. The molecule has 0 aliphatic heterocycles. The number of aromatic nitrogens is 1. The molecule has 1 aromatic heterocycles. The van der Waals surface area contributed by atoms with Gasteiger partial charge in [0.05, 0.1) is 12.7 Å². The molecule has 3 aromatic rings. The number of benzene rings is 2. The summed E-state index contributed by atoms with van der Waals surface area (Å²) in [4.78, 5) is 24.7. The maximum Gasteiger partial charge on any atom is 0.338 e. The summed E-state index contributed by atoms with van der Waals surface area (Å²) in [5.74, 6) is -1.74. The number of hydrogen-bond acceptors (Lipinski definition) is 4. The molecule has 0 bridgehead atoms. The summed E-state index contributed by atoms with van der Waals surface area (Å²) in [7, 11) is 1.33. The molecule has 0 fully saturated rings. The highest BCUT2D eigenvalue weighted by Gasteiger charge is 2.19. The Morgan fingerprint density at radius 3 is 2.39 bits per heavy atom. The Labute approximate surface area is 162 Å². The lowest BCUT2D eigenvalue weighted by molar-refractivity contribution is 0.0474. The minimum absolute atomic E-state index is 0.0147. The lowest BCUT2D eigenvalue weighted by Crippen LogP contribution is -2.15. The second-order valence-electron chi connectivity index (χ2n) is 6.30. The first kappa shape index (κ1) is 19.4. The molecule has 1 heterocycles. The molecule has 3 rings (SSSR count). The zero-order chi connectivity index (χ0) is 20.3. The van der Waals surface area contributed by atoms with Crippen molar-refractivity contribution in [3.8, 4) is 11.4 Å². The monoisotopic (exact) mass is 381 g/mol.